The molecule has 176 valence electrons. The standard InChI is InChI=1S/C24H24N4O4S2/c29-22(17-34-24-26-21(16-33-24)19-4-2-1-3-5-19)27-25-14-18-6-8-20(9-7-18)32-15-23(30)28-10-12-31-13-11-28/h1-9,14,16H,10-13,15,17H2,(H,27,29)/b25-14+. The van der Waals surface area contributed by atoms with E-state index < -0.39 is 0 Å². The van der Waals surface area contributed by atoms with Gasteiger partial charge in [-0.3, -0.25) is 9.59 Å². The van der Waals surface area contributed by atoms with Gasteiger partial charge in [-0.05, 0) is 29.8 Å². The zero-order valence-corrected chi connectivity index (χ0v) is 20.0. The van der Waals surface area contributed by atoms with Gasteiger partial charge < -0.3 is 14.4 Å². The Morgan fingerprint density at radius 3 is 2.68 bits per heavy atom. The maximum Gasteiger partial charge on any atom is 0.260 e. The lowest BCUT2D eigenvalue weighted by Crippen LogP contribution is -2.42. The smallest absolute Gasteiger partial charge is 0.260 e. The molecule has 0 bridgehead atoms. The minimum Gasteiger partial charge on any atom is -0.484 e. The molecule has 34 heavy (non-hydrogen) atoms. The number of aromatic nitrogens is 1. The van der Waals surface area contributed by atoms with Crippen molar-refractivity contribution >= 4 is 41.1 Å². The number of nitrogens with one attached hydrogen (secondary N) is 1. The topological polar surface area (TPSA) is 93.1 Å². The summed E-state index contributed by atoms with van der Waals surface area (Å²) in [6.07, 6.45) is 1.56. The van der Waals surface area contributed by atoms with Crippen LogP contribution in [0.1, 0.15) is 5.56 Å². The van der Waals surface area contributed by atoms with E-state index in [0.717, 1.165) is 21.2 Å². The van der Waals surface area contributed by atoms with Gasteiger partial charge in [-0.25, -0.2) is 10.4 Å². The SMILES string of the molecule is O=C(CSc1nc(-c2ccccc2)cs1)N/N=C/c1ccc(OCC(=O)N2CCOCC2)cc1. The minimum absolute atomic E-state index is 0.00685. The van der Waals surface area contributed by atoms with Crippen molar-refractivity contribution in [3.05, 3.63) is 65.5 Å². The first-order valence-electron chi connectivity index (χ1n) is 10.7. The fourth-order valence-electron chi connectivity index (χ4n) is 3.10. The lowest BCUT2D eigenvalue weighted by Gasteiger charge is -2.26. The molecule has 1 aromatic heterocycles. The van der Waals surface area contributed by atoms with Crippen LogP contribution in [0.25, 0.3) is 11.3 Å². The largest absolute Gasteiger partial charge is 0.484 e. The molecule has 0 aliphatic carbocycles. The summed E-state index contributed by atoms with van der Waals surface area (Å²) in [5, 5.41) is 5.99. The van der Waals surface area contributed by atoms with Crippen LogP contribution in [-0.4, -0.2) is 66.6 Å². The molecule has 3 aromatic rings. The first-order chi connectivity index (χ1) is 16.7. The van der Waals surface area contributed by atoms with Crippen LogP contribution < -0.4 is 10.2 Å². The van der Waals surface area contributed by atoms with E-state index in [4.69, 9.17) is 9.47 Å². The Morgan fingerprint density at radius 1 is 1.15 bits per heavy atom. The molecule has 10 heteroatoms. The molecule has 2 aromatic carbocycles. The van der Waals surface area contributed by atoms with Crippen LogP contribution >= 0.6 is 23.1 Å². The van der Waals surface area contributed by atoms with E-state index in [2.05, 4.69) is 15.5 Å². The number of morpholine rings is 1. The molecule has 1 aliphatic rings. The molecule has 4 rings (SSSR count). The maximum absolute atomic E-state index is 12.1. The van der Waals surface area contributed by atoms with Gasteiger partial charge in [0.25, 0.3) is 11.8 Å². The highest BCUT2D eigenvalue weighted by molar-refractivity contribution is 8.01. The third kappa shape index (κ3) is 7.14. The number of amides is 2. The Bertz CT molecular complexity index is 1110. The predicted octanol–water partition coefficient (Wildman–Crippen LogP) is 3.29. The molecule has 1 N–H and O–H groups in total. The summed E-state index contributed by atoms with van der Waals surface area (Å²) < 4.78 is 11.6. The molecular weight excluding hydrogens is 472 g/mol. The molecular formula is C24H24N4O4S2. The minimum atomic E-state index is -0.209. The summed E-state index contributed by atoms with van der Waals surface area (Å²) in [6.45, 7) is 2.32. The molecule has 1 aliphatic heterocycles. The number of nitrogens with zero attached hydrogens (tertiary/aromatic N) is 3. The molecule has 0 saturated carbocycles. The first kappa shape index (κ1) is 23.9. The summed E-state index contributed by atoms with van der Waals surface area (Å²) in [4.78, 5) is 30.5. The van der Waals surface area contributed by atoms with Gasteiger partial charge in [0.2, 0.25) is 0 Å². The summed E-state index contributed by atoms with van der Waals surface area (Å²) in [5.74, 6) is 0.559. The van der Waals surface area contributed by atoms with Crippen molar-refractivity contribution in [3.8, 4) is 17.0 Å². The van der Waals surface area contributed by atoms with Crippen molar-refractivity contribution in [2.24, 2.45) is 5.10 Å². The molecule has 0 spiro atoms. The zero-order valence-electron chi connectivity index (χ0n) is 18.4. The van der Waals surface area contributed by atoms with Crippen molar-refractivity contribution in [1.82, 2.24) is 15.3 Å². The third-order valence-electron chi connectivity index (χ3n) is 4.89. The Morgan fingerprint density at radius 2 is 1.91 bits per heavy atom. The van der Waals surface area contributed by atoms with Gasteiger partial charge in [-0.2, -0.15) is 5.10 Å². The number of carbonyl (C=O) groups excluding carboxylic acids is 2. The molecule has 2 heterocycles. The van der Waals surface area contributed by atoms with Gasteiger partial charge >= 0.3 is 0 Å². The molecule has 0 atom stereocenters. The summed E-state index contributed by atoms with van der Waals surface area (Å²) in [5.41, 5.74) is 5.29. The van der Waals surface area contributed by atoms with E-state index in [1.165, 1.54) is 23.1 Å². The van der Waals surface area contributed by atoms with Gasteiger partial charge in [-0.1, -0.05) is 42.1 Å². The Labute approximate surface area is 206 Å². The van der Waals surface area contributed by atoms with Crippen molar-refractivity contribution in [2.45, 2.75) is 4.34 Å². The molecule has 8 nitrogen and oxygen atoms in total. The van der Waals surface area contributed by atoms with Gasteiger partial charge in [0.05, 0.1) is 30.9 Å². The highest BCUT2D eigenvalue weighted by Crippen LogP contribution is 2.27. The van der Waals surface area contributed by atoms with Crippen molar-refractivity contribution in [2.75, 3.05) is 38.7 Å². The second-order valence-corrected chi connectivity index (χ2v) is 9.38. The Kier molecular flexibility index (Phi) is 8.66. The van der Waals surface area contributed by atoms with Gasteiger partial charge in [0.1, 0.15) is 5.75 Å². The number of hydrogen-bond acceptors (Lipinski definition) is 8. The summed E-state index contributed by atoms with van der Waals surface area (Å²) >= 11 is 2.89. The summed E-state index contributed by atoms with van der Waals surface area (Å²) in [7, 11) is 0. The molecule has 1 fully saturated rings. The molecule has 2 amide bonds. The fraction of sp³-hybridized carbons (Fsp3) is 0.250. The third-order valence-corrected chi connectivity index (χ3v) is 6.91. The van der Waals surface area contributed by atoms with Crippen LogP contribution in [0.4, 0.5) is 0 Å². The van der Waals surface area contributed by atoms with Crippen LogP contribution in [0, 0.1) is 0 Å². The van der Waals surface area contributed by atoms with E-state index in [1.54, 1.807) is 35.4 Å². The summed E-state index contributed by atoms with van der Waals surface area (Å²) in [6, 6.07) is 17.1. The number of thioether (sulfide) groups is 1. The second-order valence-electron chi connectivity index (χ2n) is 7.30. The van der Waals surface area contributed by atoms with E-state index >= 15 is 0 Å². The molecule has 0 unspecified atom stereocenters. The van der Waals surface area contributed by atoms with Crippen LogP contribution in [0.5, 0.6) is 5.75 Å². The Hall–Kier alpha value is -3.21. The predicted molar refractivity (Wildman–Crippen MR) is 133 cm³/mol. The van der Waals surface area contributed by atoms with E-state index in [-0.39, 0.29) is 24.2 Å². The second kappa shape index (κ2) is 12.3. The molecule has 0 radical (unpaired) electrons. The highest BCUT2D eigenvalue weighted by atomic mass is 32.2. The Balaban J connectivity index is 1.17. The number of rotatable bonds is 9. The number of thiazole rings is 1. The lowest BCUT2D eigenvalue weighted by atomic mass is 10.2. The van der Waals surface area contributed by atoms with E-state index in [1.807, 2.05) is 35.7 Å². The van der Waals surface area contributed by atoms with Crippen molar-refractivity contribution in [3.63, 3.8) is 0 Å². The number of benzene rings is 2. The van der Waals surface area contributed by atoms with Crippen molar-refractivity contribution < 1.29 is 19.1 Å². The first-order valence-corrected chi connectivity index (χ1v) is 12.6. The fourth-order valence-corrected chi connectivity index (χ4v) is 4.73. The monoisotopic (exact) mass is 496 g/mol. The number of hydrazone groups is 1. The van der Waals surface area contributed by atoms with Crippen LogP contribution in [0.3, 0.4) is 0 Å². The number of ether oxygens (including phenoxy) is 2. The van der Waals surface area contributed by atoms with Crippen molar-refractivity contribution in [1.29, 1.82) is 0 Å². The average molecular weight is 497 g/mol. The molecule has 1 saturated heterocycles. The normalized spacial score (nSPS) is 13.7. The van der Waals surface area contributed by atoms with Gasteiger partial charge in [0.15, 0.2) is 10.9 Å². The van der Waals surface area contributed by atoms with Crippen LogP contribution in [0.15, 0.2) is 69.4 Å². The van der Waals surface area contributed by atoms with E-state index in [9.17, 15) is 9.59 Å². The lowest BCUT2D eigenvalue weighted by molar-refractivity contribution is -0.137. The van der Waals surface area contributed by atoms with Crippen LogP contribution in [0.2, 0.25) is 0 Å². The maximum atomic E-state index is 12.1. The quantitative estimate of drug-likeness (QED) is 0.278. The zero-order chi connectivity index (χ0) is 23.6. The average Bonchev–Trinajstić information content (AvgIpc) is 3.37. The number of hydrogen-bond donors (Lipinski definition) is 1. The van der Waals surface area contributed by atoms with Gasteiger partial charge in [0, 0.05) is 24.0 Å². The number of carbonyl (C=O) groups is 2. The highest BCUT2D eigenvalue weighted by Gasteiger charge is 2.17. The van der Waals surface area contributed by atoms with E-state index in [0.29, 0.717) is 32.1 Å². The van der Waals surface area contributed by atoms with Crippen LogP contribution in [-0.2, 0) is 14.3 Å². The van der Waals surface area contributed by atoms with Gasteiger partial charge in [-0.15, -0.1) is 11.3 Å².